The molecule has 1 aliphatic heterocycles. The van der Waals surface area contributed by atoms with E-state index in [1.807, 2.05) is 0 Å². The Morgan fingerprint density at radius 1 is 1.23 bits per heavy atom. The van der Waals surface area contributed by atoms with E-state index in [1.54, 1.807) is 12.1 Å². The first-order valence-corrected chi connectivity index (χ1v) is 8.88. The van der Waals surface area contributed by atoms with Crippen molar-refractivity contribution < 1.29 is 13.2 Å². The molecule has 1 aliphatic rings. The number of benzene rings is 1. The number of thioether (sulfide) groups is 1. The van der Waals surface area contributed by atoms with Crippen molar-refractivity contribution in [3.63, 3.8) is 0 Å². The second-order valence-electron chi connectivity index (χ2n) is 5.61. The van der Waals surface area contributed by atoms with E-state index >= 15 is 0 Å². The summed E-state index contributed by atoms with van der Waals surface area (Å²) in [5, 5.41) is 0.806. The van der Waals surface area contributed by atoms with Crippen LogP contribution in [0.1, 0.15) is 24.8 Å². The average Bonchev–Trinajstić information content (AvgIpc) is 2.41. The highest BCUT2D eigenvalue weighted by atomic mass is 35.5. The Balaban J connectivity index is 2.13. The Morgan fingerprint density at radius 3 is 2.59 bits per heavy atom. The third-order valence-corrected chi connectivity index (χ3v) is 5.77. The van der Waals surface area contributed by atoms with Gasteiger partial charge in [-0.25, -0.2) is 0 Å². The summed E-state index contributed by atoms with van der Waals surface area (Å²) < 4.78 is 37.1. The molecular formula is C15H18Cl2F3NS. The molecule has 1 saturated heterocycles. The van der Waals surface area contributed by atoms with Crippen LogP contribution >= 0.6 is 35.0 Å². The number of hydrogen-bond acceptors (Lipinski definition) is 2. The smallest absolute Gasteiger partial charge is 0.303 e. The molecule has 1 atom stereocenters. The van der Waals surface area contributed by atoms with Gasteiger partial charge in [-0.2, -0.15) is 13.2 Å². The zero-order chi connectivity index (χ0) is 16.3. The Kier molecular flexibility index (Phi) is 6.34. The van der Waals surface area contributed by atoms with E-state index < -0.39 is 11.9 Å². The van der Waals surface area contributed by atoms with E-state index in [1.165, 1.54) is 12.8 Å². The molecule has 22 heavy (non-hydrogen) atoms. The van der Waals surface area contributed by atoms with E-state index in [-0.39, 0.29) is 5.02 Å². The van der Waals surface area contributed by atoms with Gasteiger partial charge in [-0.1, -0.05) is 29.6 Å². The molecule has 0 aromatic heterocycles. The van der Waals surface area contributed by atoms with Crippen LogP contribution in [-0.4, -0.2) is 36.5 Å². The highest BCUT2D eigenvalue weighted by Crippen LogP contribution is 2.36. The minimum atomic E-state index is -4.21. The molecule has 1 heterocycles. The first-order chi connectivity index (χ1) is 10.3. The van der Waals surface area contributed by atoms with Gasteiger partial charge in [0.2, 0.25) is 0 Å². The van der Waals surface area contributed by atoms with Crippen molar-refractivity contribution in [2.75, 3.05) is 19.3 Å². The highest BCUT2D eigenvalue weighted by Gasteiger charge is 2.28. The zero-order valence-electron chi connectivity index (χ0n) is 12.2. The molecule has 0 spiro atoms. The van der Waals surface area contributed by atoms with Crippen molar-refractivity contribution in [1.82, 2.24) is 4.90 Å². The predicted molar refractivity (Wildman–Crippen MR) is 87.2 cm³/mol. The van der Waals surface area contributed by atoms with Gasteiger partial charge in [0.25, 0.3) is 0 Å². The predicted octanol–water partition coefficient (Wildman–Crippen LogP) is 5.67. The summed E-state index contributed by atoms with van der Waals surface area (Å²) >= 11 is 13.0. The van der Waals surface area contributed by atoms with Crippen LogP contribution in [0.4, 0.5) is 13.2 Å². The van der Waals surface area contributed by atoms with Crippen molar-refractivity contribution >= 4 is 35.0 Å². The lowest BCUT2D eigenvalue weighted by Gasteiger charge is -2.32. The van der Waals surface area contributed by atoms with Crippen LogP contribution in [0, 0.1) is 0 Å². The van der Waals surface area contributed by atoms with Crippen molar-refractivity contribution in [2.24, 2.45) is 0 Å². The topological polar surface area (TPSA) is 3.24 Å². The molecular weight excluding hydrogens is 354 g/mol. The molecule has 124 valence electrons. The molecule has 0 saturated carbocycles. The summed E-state index contributed by atoms with van der Waals surface area (Å²) in [4.78, 5) is 2.73. The summed E-state index contributed by atoms with van der Waals surface area (Å²) in [7, 11) is 2.08. The van der Waals surface area contributed by atoms with Crippen LogP contribution in [0.15, 0.2) is 17.0 Å². The summed E-state index contributed by atoms with van der Waals surface area (Å²) in [6.45, 7) is 1.05. The molecule has 0 aliphatic carbocycles. The minimum Gasteiger partial charge on any atom is -0.303 e. The quantitative estimate of drug-likeness (QED) is 0.626. The number of halogens is 5. The monoisotopic (exact) mass is 371 g/mol. The minimum absolute atomic E-state index is 0.278. The first kappa shape index (κ1) is 18.2. The normalized spacial score (nSPS) is 20.4. The largest absolute Gasteiger partial charge is 0.398 e. The molecule has 1 nitrogen and oxygen atoms in total. The van der Waals surface area contributed by atoms with Gasteiger partial charge in [0.15, 0.2) is 0 Å². The van der Waals surface area contributed by atoms with Gasteiger partial charge >= 0.3 is 6.18 Å². The average molecular weight is 372 g/mol. The number of nitrogens with zero attached hydrogens (tertiary/aromatic N) is 1. The molecule has 0 amide bonds. The van der Waals surface area contributed by atoms with Crippen LogP contribution < -0.4 is 0 Å². The number of likely N-dealkylation sites (N-methyl/N-ethyl adjacent to an activating group) is 1. The van der Waals surface area contributed by atoms with Crippen molar-refractivity contribution in [3.05, 3.63) is 27.7 Å². The Morgan fingerprint density at radius 2 is 1.95 bits per heavy atom. The fourth-order valence-corrected chi connectivity index (χ4v) is 4.02. The maximum atomic E-state index is 12.4. The van der Waals surface area contributed by atoms with Crippen LogP contribution in [0.3, 0.4) is 0 Å². The molecule has 1 fully saturated rings. The maximum Gasteiger partial charge on any atom is 0.398 e. The van der Waals surface area contributed by atoms with Gasteiger partial charge in [-0.05, 0) is 50.6 Å². The van der Waals surface area contributed by atoms with Gasteiger partial charge in [-0.3, -0.25) is 0 Å². The molecule has 2 rings (SSSR count). The van der Waals surface area contributed by atoms with E-state index in [9.17, 15) is 13.2 Å². The first-order valence-electron chi connectivity index (χ1n) is 7.14. The van der Waals surface area contributed by atoms with Crippen molar-refractivity contribution in [2.45, 2.75) is 42.8 Å². The molecule has 1 aromatic rings. The zero-order valence-corrected chi connectivity index (χ0v) is 14.5. The number of piperidine rings is 1. The second kappa shape index (κ2) is 7.65. The number of alkyl halides is 3. The molecule has 1 aromatic carbocycles. The van der Waals surface area contributed by atoms with E-state index in [4.69, 9.17) is 23.2 Å². The van der Waals surface area contributed by atoms with Crippen molar-refractivity contribution in [3.8, 4) is 0 Å². The van der Waals surface area contributed by atoms with Gasteiger partial charge in [-0.15, -0.1) is 11.8 Å². The lowest BCUT2D eigenvalue weighted by Crippen LogP contribution is -2.37. The maximum absolute atomic E-state index is 12.4. The van der Waals surface area contributed by atoms with Gasteiger partial charge in [0, 0.05) is 16.0 Å². The lowest BCUT2D eigenvalue weighted by molar-refractivity contribution is -0.105. The highest BCUT2D eigenvalue weighted by molar-refractivity contribution is 7.99. The van der Waals surface area contributed by atoms with Crippen LogP contribution in [-0.2, 0) is 6.42 Å². The SMILES string of the molecule is CN1CCCCC1Cc1cc(SCC(F)(F)F)c(Cl)cc1Cl. The van der Waals surface area contributed by atoms with Crippen LogP contribution in [0.25, 0.3) is 0 Å². The summed E-state index contributed by atoms with van der Waals surface area (Å²) in [5.41, 5.74) is 0.870. The summed E-state index contributed by atoms with van der Waals surface area (Å²) in [6, 6.07) is 3.65. The Bertz CT molecular complexity index is 522. The standard InChI is InChI=1S/C15H18Cl2F3NS/c1-21-5-3-2-4-11(21)6-10-7-14(13(17)8-12(10)16)22-9-15(18,19)20/h7-8,11H,2-6,9H2,1H3. The van der Waals surface area contributed by atoms with Crippen LogP contribution in [0.2, 0.25) is 10.0 Å². The lowest BCUT2D eigenvalue weighted by atomic mass is 9.96. The van der Waals surface area contributed by atoms with Crippen LogP contribution in [0.5, 0.6) is 0 Å². The molecule has 0 N–H and O–H groups in total. The fourth-order valence-electron chi connectivity index (χ4n) is 2.65. The van der Waals surface area contributed by atoms with E-state index in [0.29, 0.717) is 27.7 Å². The molecule has 1 unspecified atom stereocenters. The number of likely N-dealkylation sites (tertiary alicyclic amines) is 1. The van der Waals surface area contributed by atoms with E-state index in [2.05, 4.69) is 11.9 Å². The van der Waals surface area contributed by atoms with Gasteiger partial charge in [0.1, 0.15) is 0 Å². The van der Waals surface area contributed by atoms with E-state index in [0.717, 1.165) is 24.9 Å². The second-order valence-corrected chi connectivity index (χ2v) is 7.44. The summed E-state index contributed by atoms with van der Waals surface area (Å²) in [6.07, 6.45) is -0.0200. The van der Waals surface area contributed by atoms with Gasteiger partial charge in [0.05, 0.1) is 10.8 Å². The Hall–Kier alpha value is -0.100. The molecule has 0 bridgehead atoms. The third kappa shape index (κ3) is 5.22. The third-order valence-electron chi connectivity index (χ3n) is 3.87. The number of rotatable bonds is 4. The number of hydrogen-bond donors (Lipinski definition) is 0. The molecule has 7 heteroatoms. The van der Waals surface area contributed by atoms with Gasteiger partial charge < -0.3 is 4.90 Å². The fraction of sp³-hybridized carbons (Fsp3) is 0.600. The van der Waals surface area contributed by atoms with Crippen molar-refractivity contribution in [1.29, 1.82) is 0 Å². The molecule has 0 radical (unpaired) electrons. The summed E-state index contributed by atoms with van der Waals surface area (Å²) in [5.74, 6) is -0.947. The Labute approximate surface area is 143 Å².